The van der Waals surface area contributed by atoms with Crippen LogP contribution < -0.4 is 10.6 Å². The summed E-state index contributed by atoms with van der Waals surface area (Å²) < 4.78 is 5.09. The summed E-state index contributed by atoms with van der Waals surface area (Å²) in [6.45, 7) is 0.444. The third-order valence-electron chi connectivity index (χ3n) is 1.51. The van der Waals surface area contributed by atoms with Gasteiger partial charge in [0.25, 0.3) is 5.91 Å². The van der Waals surface area contributed by atoms with Crippen LogP contribution in [0.5, 0.6) is 0 Å². The first kappa shape index (κ1) is 6.90. The fraction of sp³-hybridized carbons (Fsp3) is 0.143. The Morgan fingerprint density at radius 2 is 2.50 bits per heavy atom. The molecule has 5 nitrogen and oxygen atoms in total. The second-order valence-corrected chi connectivity index (χ2v) is 2.28. The highest BCUT2D eigenvalue weighted by atomic mass is 16.5. The van der Waals surface area contributed by atoms with Gasteiger partial charge in [-0.2, -0.15) is 0 Å². The molecule has 0 aliphatic carbocycles. The van der Waals surface area contributed by atoms with Crippen molar-refractivity contribution in [2.45, 2.75) is 0 Å². The minimum Gasteiger partial charge on any atom is -0.447 e. The Labute approximate surface area is 68.8 Å². The Bertz CT molecular complexity index is 304. The van der Waals surface area contributed by atoms with Crippen molar-refractivity contribution in [3.8, 4) is 0 Å². The Hall–Kier alpha value is -1.78. The zero-order valence-corrected chi connectivity index (χ0v) is 6.20. The molecule has 0 aromatic carbocycles. The second-order valence-electron chi connectivity index (χ2n) is 2.28. The monoisotopic (exact) mass is 165 g/mol. The van der Waals surface area contributed by atoms with Crippen LogP contribution in [0.15, 0.2) is 28.9 Å². The summed E-state index contributed by atoms with van der Waals surface area (Å²) in [4.78, 5) is 15.1. The number of amides is 1. The van der Waals surface area contributed by atoms with E-state index in [9.17, 15) is 4.79 Å². The van der Waals surface area contributed by atoms with Crippen molar-refractivity contribution in [1.82, 2.24) is 10.6 Å². The summed E-state index contributed by atoms with van der Waals surface area (Å²) >= 11 is 0. The van der Waals surface area contributed by atoms with Gasteiger partial charge in [0.1, 0.15) is 18.5 Å². The van der Waals surface area contributed by atoms with Crippen molar-refractivity contribution < 1.29 is 9.53 Å². The molecule has 0 saturated carbocycles. The zero-order chi connectivity index (χ0) is 8.39. The van der Waals surface area contributed by atoms with Gasteiger partial charge in [-0.1, -0.05) is 0 Å². The lowest BCUT2D eigenvalue weighted by atomic mass is 10.2. The van der Waals surface area contributed by atoms with E-state index in [1.807, 2.05) is 0 Å². The van der Waals surface area contributed by atoms with E-state index in [4.69, 9.17) is 4.74 Å². The smallest absolute Gasteiger partial charge is 0.262 e. The van der Waals surface area contributed by atoms with Crippen LogP contribution in [0.3, 0.4) is 0 Å². The Morgan fingerprint density at radius 3 is 3.42 bits per heavy atom. The normalized spacial score (nSPS) is 20.5. The van der Waals surface area contributed by atoms with Gasteiger partial charge in [-0.05, 0) is 0 Å². The van der Waals surface area contributed by atoms with E-state index >= 15 is 0 Å². The SMILES string of the molecule is O=C1NC=COC2=C1C=NCN2. The van der Waals surface area contributed by atoms with Crippen LogP contribution in [0, 0.1) is 0 Å². The molecule has 2 aliphatic heterocycles. The topological polar surface area (TPSA) is 62.7 Å². The number of nitrogens with zero attached hydrogens (tertiary/aromatic N) is 1. The average molecular weight is 165 g/mol. The van der Waals surface area contributed by atoms with Gasteiger partial charge in [0, 0.05) is 12.4 Å². The number of rotatable bonds is 0. The van der Waals surface area contributed by atoms with Gasteiger partial charge in [0.2, 0.25) is 5.88 Å². The van der Waals surface area contributed by atoms with Gasteiger partial charge >= 0.3 is 0 Å². The maximum absolute atomic E-state index is 11.2. The highest BCUT2D eigenvalue weighted by molar-refractivity contribution is 6.13. The molecule has 0 aromatic rings. The predicted octanol–water partition coefficient (Wildman–Crippen LogP) is -0.553. The lowest BCUT2D eigenvalue weighted by Crippen LogP contribution is -2.27. The molecule has 62 valence electrons. The standard InChI is InChI=1S/C7H7N3O2/c11-6-5-3-8-4-10-7(5)12-2-1-9-6/h1-3,10H,4H2,(H,9,11). The third-order valence-corrected chi connectivity index (χ3v) is 1.51. The minimum absolute atomic E-state index is 0.213. The summed E-state index contributed by atoms with van der Waals surface area (Å²) in [5, 5.41) is 5.35. The molecule has 2 N–H and O–H groups in total. The van der Waals surface area contributed by atoms with Crippen LogP contribution >= 0.6 is 0 Å². The summed E-state index contributed by atoms with van der Waals surface area (Å²) in [7, 11) is 0. The fourth-order valence-electron chi connectivity index (χ4n) is 0.965. The van der Waals surface area contributed by atoms with E-state index < -0.39 is 0 Å². The number of ether oxygens (including phenoxy) is 1. The molecule has 0 aromatic heterocycles. The van der Waals surface area contributed by atoms with Crippen molar-refractivity contribution in [2.75, 3.05) is 6.67 Å². The molecule has 0 spiro atoms. The van der Waals surface area contributed by atoms with Crippen molar-refractivity contribution in [3.63, 3.8) is 0 Å². The summed E-state index contributed by atoms with van der Waals surface area (Å²) in [6.07, 6.45) is 4.34. The Morgan fingerprint density at radius 1 is 1.58 bits per heavy atom. The van der Waals surface area contributed by atoms with Gasteiger partial charge < -0.3 is 15.4 Å². The van der Waals surface area contributed by atoms with Gasteiger partial charge in [0.05, 0.1) is 0 Å². The minimum atomic E-state index is -0.213. The molecule has 5 heteroatoms. The highest BCUT2D eigenvalue weighted by Crippen LogP contribution is 2.08. The van der Waals surface area contributed by atoms with Crippen LogP contribution in [0.4, 0.5) is 0 Å². The first-order valence-corrected chi connectivity index (χ1v) is 3.48. The molecule has 2 heterocycles. The van der Waals surface area contributed by atoms with Crippen LogP contribution in [0.2, 0.25) is 0 Å². The van der Waals surface area contributed by atoms with E-state index in [1.165, 1.54) is 18.7 Å². The Kier molecular flexibility index (Phi) is 1.55. The number of hydrogen-bond acceptors (Lipinski definition) is 4. The van der Waals surface area contributed by atoms with E-state index in [0.29, 0.717) is 18.1 Å². The number of nitrogens with one attached hydrogen (secondary N) is 2. The molecule has 12 heavy (non-hydrogen) atoms. The molecule has 2 aliphatic rings. The highest BCUT2D eigenvalue weighted by Gasteiger charge is 2.18. The van der Waals surface area contributed by atoms with Crippen LogP contribution in [0.25, 0.3) is 0 Å². The number of carbonyl (C=O) groups excluding carboxylic acids is 1. The molecule has 0 fully saturated rings. The molecule has 0 unspecified atom stereocenters. The van der Waals surface area contributed by atoms with Crippen molar-refractivity contribution in [1.29, 1.82) is 0 Å². The van der Waals surface area contributed by atoms with Gasteiger partial charge in [0.15, 0.2) is 0 Å². The first-order chi connectivity index (χ1) is 5.88. The van der Waals surface area contributed by atoms with Crippen LogP contribution in [-0.2, 0) is 9.53 Å². The molecular formula is C7H7N3O2. The van der Waals surface area contributed by atoms with Gasteiger partial charge in [-0.15, -0.1) is 0 Å². The van der Waals surface area contributed by atoms with Gasteiger partial charge in [-0.25, -0.2) is 0 Å². The molecule has 0 bridgehead atoms. The molecular weight excluding hydrogens is 158 g/mol. The Balaban J connectivity index is 2.37. The number of hydrogen-bond donors (Lipinski definition) is 2. The molecule has 0 atom stereocenters. The van der Waals surface area contributed by atoms with Crippen molar-refractivity contribution >= 4 is 12.1 Å². The first-order valence-electron chi connectivity index (χ1n) is 3.48. The number of aliphatic imine (C=N–C) groups is 1. The summed E-state index contributed by atoms with van der Waals surface area (Å²) in [6, 6.07) is 0. The van der Waals surface area contributed by atoms with Crippen LogP contribution in [-0.4, -0.2) is 18.8 Å². The summed E-state index contributed by atoms with van der Waals surface area (Å²) in [5.41, 5.74) is 0.422. The maximum Gasteiger partial charge on any atom is 0.262 e. The second kappa shape index (κ2) is 2.69. The molecule has 0 radical (unpaired) electrons. The average Bonchev–Trinajstić information content (AvgIpc) is 2.29. The third kappa shape index (κ3) is 1.05. The fourth-order valence-corrected chi connectivity index (χ4v) is 0.965. The van der Waals surface area contributed by atoms with Crippen molar-refractivity contribution in [3.05, 3.63) is 23.9 Å². The van der Waals surface area contributed by atoms with E-state index in [-0.39, 0.29) is 5.91 Å². The lowest BCUT2D eigenvalue weighted by Gasteiger charge is -2.12. The van der Waals surface area contributed by atoms with E-state index in [0.717, 1.165) is 0 Å². The van der Waals surface area contributed by atoms with Crippen LogP contribution in [0.1, 0.15) is 0 Å². The van der Waals surface area contributed by atoms with Gasteiger partial charge in [-0.3, -0.25) is 9.79 Å². The number of carbonyl (C=O) groups is 1. The molecule has 2 rings (SSSR count). The quantitative estimate of drug-likeness (QED) is 0.506. The maximum atomic E-state index is 11.2. The van der Waals surface area contributed by atoms with E-state index in [2.05, 4.69) is 15.6 Å². The zero-order valence-electron chi connectivity index (χ0n) is 6.20. The summed E-state index contributed by atoms with van der Waals surface area (Å²) in [5.74, 6) is 0.242. The van der Waals surface area contributed by atoms with E-state index in [1.54, 1.807) is 0 Å². The van der Waals surface area contributed by atoms with Crippen molar-refractivity contribution in [2.24, 2.45) is 4.99 Å². The molecule has 0 saturated heterocycles. The predicted molar refractivity (Wildman–Crippen MR) is 41.9 cm³/mol. The lowest BCUT2D eigenvalue weighted by molar-refractivity contribution is -0.116. The largest absolute Gasteiger partial charge is 0.447 e. The molecule has 1 amide bonds.